The van der Waals surface area contributed by atoms with Crippen LogP contribution < -0.4 is 0 Å². The number of carbonyl (C=O) groups is 3. The van der Waals surface area contributed by atoms with Crippen LogP contribution in [-0.2, 0) is 23.9 Å². The quantitative estimate of drug-likeness (QED) is 0.598. The van der Waals surface area contributed by atoms with Gasteiger partial charge in [-0.25, -0.2) is 0 Å². The number of ether oxygens (including phenoxy) is 2. The fraction of sp³-hybridized carbons (Fsp3) is 0.552. The minimum Gasteiger partial charge on any atom is -0.472 e. The number of carbonyl (C=O) groups excluding carboxylic acids is 3. The molecule has 3 aliphatic rings. The van der Waals surface area contributed by atoms with Gasteiger partial charge in [-0.15, -0.1) is 0 Å². The Morgan fingerprint density at radius 2 is 1.94 bits per heavy atom. The predicted molar refractivity (Wildman–Crippen MR) is 133 cm³/mol. The molecule has 0 saturated heterocycles. The topological polar surface area (TPSA) is 103 Å². The molecule has 7 atom stereocenters. The summed E-state index contributed by atoms with van der Waals surface area (Å²) in [4.78, 5) is 37.8. The number of allylic oxidation sites excluding steroid dienone is 3. The van der Waals surface area contributed by atoms with Crippen LogP contribution in [0.2, 0.25) is 0 Å². The minimum atomic E-state index is -1.06. The molecule has 7 nitrogen and oxygen atoms in total. The molecular weight excluding hydrogens is 460 g/mol. The number of rotatable bonds is 5. The molecule has 4 rings (SSSR count). The highest BCUT2D eigenvalue weighted by molar-refractivity contribution is 5.96. The van der Waals surface area contributed by atoms with Crippen molar-refractivity contribution in [2.75, 3.05) is 7.11 Å². The number of esters is 2. The second-order valence-corrected chi connectivity index (χ2v) is 11.4. The molecule has 0 spiro atoms. The lowest BCUT2D eigenvalue weighted by Crippen LogP contribution is -2.60. The molecule has 0 amide bonds. The van der Waals surface area contributed by atoms with Gasteiger partial charge in [0.1, 0.15) is 12.2 Å². The number of methoxy groups -OCH3 is 1. The molecule has 1 N–H and O–H groups in total. The van der Waals surface area contributed by atoms with Gasteiger partial charge in [-0.1, -0.05) is 46.4 Å². The van der Waals surface area contributed by atoms with Gasteiger partial charge in [-0.2, -0.15) is 0 Å². The maximum absolute atomic E-state index is 13.0. The summed E-state index contributed by atoms with van der Waals surface area (Å²) >= 11 is 0. The average molecular weight is 497 g/mol. The van der Waals surface area contributed by atoms with Gasteiger partial charge in [0, 0.05) is 35.0 Å². The van der Waals surface area contributed by atoms with E-state index in [0.29, 0.717) is 6.42 Å². The summed E-state index contributed by atoms with van der Waals surface area (Å²) in [6.45, 7) is 13.4. The largest absolute Gasteiger partial charge is 0.472 e. The van der Waals surface area contributed by atoms with Gasteiger partial charge in [0.15, 0.2) is 5.78 Å². The first-order chi connectivity index (χ1) is 16.8. The van der Waals surface area contributed by atoms with Crippen LogP contribution in [0.15, 0.2) is 59.0 Å². The Morgan fingerprint density at radius 1 is 1.25 bits per heavy atom. The molecule has 7 heteroatoms. The van der Waals surface area contributed by atoms with Crippen LogP contribution in [0.1, 0.15) is 58.9 Å². The third-order valence-electron chi connectivity index (χ3n) is 9.20. The third kappa shape index (κ3) is 3.71. The van der Waals surface area contributed by atoms with E-state index in [1.807, 2.05) is 33.8 Å². The van der Waals surface area contributed by atoms with Crippen molar-refractivity contribution in [1.82, 2.24) is 0 Å². The monoisotopic (exact) mass is 496 g/mol. The summed E-state index contributed by atoms with van der Waals surface area (Å²) in [6.07, 6.45) is 7.40. The standard InChI is InChI=1S/C29H36O7/c1-16-19-8-9-20(18-11-13-35-15-18)29(19,6)26(33)25(36-17(2)30)24(16)28(5)12-10-22(31)27(3,4)21(28)14-23(32)34-7/h8,10-13,15,20-21,24-26,33H,1,9,14H2,2-7H3/t20-,21-,24+,25+,26-,28+,29+/m0/s1. The fourth-order valence-corrected chi connectivity index (χ4v) is 7.21. The van der Waals surface area contributed by atoms with E-state index in [9.17, 15) is 19.5 Å². The Bertz CT molecular complexity index is 1140. The smallest absolute Gasteiger partial charge is 0.305 e. The molecule has 0 aromatic carbocycles. The Hall–Kier alpha value is -2.93. The van der Waals surface area contributed by atoms with Crippen molar-refractivity contribution in [1.29, 1.82) is 0 Å². The summed E-state index contributed by atoms with van der Waals surface area (Å²) in [5, 5.41) is 12.0. The molecule has 1 aromatic rings. The van der Waals surface area contributed by atoms with Crippen molar-refractivity contribution in [3.05, 3.63) is 60.1 Å². The van der Waals surface area contributed by atoms with Crippen LogP contribution >= 0.6 is 0 Å². The number of aliphatic hydroxyl groups is 1. The van der Waals surface area contributed by atoms with Gasteiger partial charge < -0.3 is 19.0 Å². The number of fused-ring (bicyclic) bond motifs is 1. The molecule has 1 heterocycles. The lowest BCUT2D eigenvalue weighted by Gasteiger charge is -2.57. The van der Waals surface area contributed by atoms with E-state index in [2.05, 4.69) is 12.7 Å². The van der Waals surface area contributed by atoms with Crippen molar-refractivity contribution in [2.45, 2.75) is 65.6 Å². The van der Waals surface area contributed by atoms with Gasteiger partial charge in [-0.05, 0) is 41.2 Å². The average Bonchev–Trinajstić information content (AvgIpc) is 3.46. The first-order valence-corrected chi connectivity index (χ1v) is 12.4. The van der Waals surface area contributed by atoms with Gasteiger partial charge in [-0.3, -0.25) is 14.4 Å². The second kappa shape index (κ2) is 8.87. The Labute approximate surface area is 212 Å². The Kier molecular flexibility index (Phi) is 6.44. The van der Waals surface area contributed by atoms with Gasteiger partial charge in [0.25, 0.3) is 0 Å². The summed E-state index contributed by atoms with van der Waals surface area (Å²) in [5.74, 6) is -2.19. The van der Waals surface area contributed by atoms with E-state index in [1.54, 1.807) is 24.7 Å². The number of aliphatic hydroxyl groups excluding tert-OH is 1. The zero-order valence-corrected chi connectivity index (χ0v) is 21.9. The molecule has 1 saturated carbocycles. The van der Waals surface area contributed by atoms with E-state index < -0.39 is 52.2 Å². The lowest BCUT2D eigenvalue weighted by atomic mass is 9.47. The zero-order valence-electron chi connectivity index (χ0n) is 21.9. The van der Waals surface area contributed by atoms with Crippen LogP contribution in [0.4, 0.5) is 0 Å². The maximum atomic E-state index is 13.0. The first kappa shape index (κ1) is 26.1. The molecule has 0 unspecified atom stereocenters. The molecule has 3 aliphatic carbocycles. The lowest BCUT2D eigenvalue weighted by molar-refractivity contribution is -0.175. The maximum Gasteiger partial charge on any atom is 0.305 e. The van der Waals surface area contributed by atoms with Gasteiger partial charge in [0.05, 0.1) is 26.1 Å². The summed E-state index contributed by atoms with van der Waals surface area (Å²) in [7, 11) is 1.32. The highest BCUT2D eigenvalue weighted by Gasteiger charge is 2.64. The van der Waals surface area contributed by atoms with E-state index in [0.717, 1.165) is 16.7 Å². The van der Waals surface area contributed by atoms with Crippen molar-refractivity contribution in [3.63, 3.8) is 0 Å². The first-order valence-electron chi connectivity index (χ1n) is 12.4. The molecule has 0 aliphatic heterocycles. The molecule has 194 valence electrons. The normalized spacial score (nSPS) is 37.3. The molecule has 0 bridgehead atoms. The van der Waals surface area contributed by atoms with Crippen molar-refractivity contribution in [3.8, 4) is 0 Å². The molecule has 36 heavy (non-hydrogen) atoms. The molecular formula is C29H36O7. The van der Waals surface area contributed by atoms with Gasteiger partial charge in [0.2, 0.25) is 0 Å². The van der Waals surface area contributed by atoms with Crippen molar-refractivity contribution < 1.29 is 33.4 Å². The van der Waals surface area contributed by atoms with Crippen LogP contribution in [0.3, 0.4) is 0 Å². The zero-order chi connectivity index (χ0) is 26.6. The van der Waals surface area contributed by atoms with Crippen LogP contribution in [0.5, 0.6) is 0 Å². The number of furan rings is 1. The number of hydrogen-bond donors (Lipinski definition) is 1. The summed E-state index contributed by atoms with van der Waals surface area (Å²) in [6, 6.07) is 1.89. The van der Waals surface area contributed by atoms with Crippen LogP contribution in [0.25, 0.3) is 0 Å². The predicted octanol–water partition coefficient (Wildman–Crippen LogP) is 4.53. The van der Waals surface area contributed by atoms with Crippen molar-refractivity contribution in [2.24, 2.45) is 28.1 Å². The van der Waals surface area contributed by atoms with E-state index in [1.165, 1.54) is 14.0 Å². The van der Waals surface area contributed by atoms with Crippen LogP contribution in [0, 0.1) is 28.1 Å². The number of hydrogen-bond acceptors (Lipinski definition) is 7. The Balaban J connectivity index is 1.87. The van der Waals surface area contributed by atoms with E-state index in [4.69, 9.17) is 13.9 Å². The fourth-order valence-electron chi connectivity index (χ4n) is 7.21. The molecule has 0 radical (unpaired) electrons. The molecule has 1 aromatic heterocycles. The van der Waals surface area contributed by atoms with E-state index >= 15 is 0 Å². The summed E-state index contributed by atoms with van der Waals surface area (Å²) < 4.78 is 16.2. The van der Waals surface area contributed by atoms with Gasteiger partial charge >= 0.3 is 11.9 Å². The second-order valence-electron chi connectivity index (χ2n) is 11.4. The summed E-state index contributed by atoms with van der Waals surface area (Å²) in [5.41, 5.74) is 0.0980. The molecule has 1 fully saturated rings. The van der Waals surface area contributed by atoms with E-state index in [-0.39, 0.29) is 18.1 Å². The Morgan fingerprint density at radius 3 is 2.53 bits per heavy atom. The van der Waals surface area contributed by atoms with Crippen molar-refractivity contribution >= 4 is 17.7 Å². The number of ketones is 1. The highest BCUT2D eigenvalue weighted by Crippen LogP contribution is 2.64. The third-order valence-corrected chi connectivity index (χ3v) is 9.20. The SMILES string of the molecule is C=C1C2=CC[C@@H](c3ccoc3)[C@]2(C)[C@@H](O)[C@H](OC(C)=O)[C@@H]1[C@]1(C)C=CC(=O)C(C)(C)[C@@H]1CC(=O)OC. The van der Waals surface area contributed by atoms with Crippen LogP contribution in [-0.4, -0.2) is 42.1 Å². The minimum absolute atomic E-state index is 0.00327. The highest BCUT2D eigenvalue weighted by atomic mass is 16.6.